The lowest BCUT2D eigenvalue weighted by molar-refractivity contribution is 0.0601. The van der Waals surface area contributed by atoms with Crippen molar-refractivity contribution >= 4 is 21.9 Å². The van der Waals surface area contributed by atoms with Gasteiger partial charge in [-0.25, -0.2) is 4.79 Å². The van der Waals surface area contributed by atoms with Gasteiger partial charge in [-0.2, -0.15) is 0 Å². The lowest BCUT2D eigenvalue weighted by Crippen LogP contribution is -2.00. The molecule has 0 fully saturated rings. The third-order valence-electron chi connectivity index (χ3n) is 2.79. The molecule has 0 amide bonds. The van der Waals surface area contributed by atoms with Crippen molar-refractivity contribution in [1.29, 1.82) is 0 Å². The van der Waals surface area contributed by atoms with E-state index in [0.29, 0.717) is 5.56 Å². The minimum absolute atomic E-state index is 0.333. The van der Waals surface area contributed by atoms with Gasteiger partial charge in [0.1, 0.15) is 5.75 Å². The van der Waals surface area contributed by atoms with Crippen LogP contribution in [0.4, 0.5) is 0 Å². The van der Waals surface area contributed by atoms with Crippen molar-refractivity contribution in [2.45, 2.75) is 0 Å². The maximum Gasteiger partial charge on any atom is 0.337 e. The van der Waals surface area contributed by atoms with Crippen LogP contribution in [0.25, 0.3) is 11.1 Å². The zero-order valence-corrected chi connectivity index (χ0v) is 12.2. The quantitative estimate of drug-likeness (QED) is 0.804. The van der Waals surface area contributed by atoms with E-state index in [2.05, 4.69) is 20.7 Å². The first-order chi connectivity index (χ1) is 9.15. The van der Waals surface area contributed by atoms with Crippen LogP contribution in [0, 0.1) is 0 Å². The molecule has 2 rings (SSSR count). The number of carbonyl (C=O) groups excluding carboxylic acids is 1. The molecule has 19 heavy (non-hydrogen) atoms. The highest BCUT2D eigenvalue weighted by Gasteiger charge is 2.07. The van der Waals surface area contributed by atoms with Gasteiger partial charge in [0.05, 0.1) is 24.3 Å². The molecule has 0 spiro atoms. The molecule has 2 aromatic carbocycles. The first kappa shape index (κ1) is 13.6. The number of hydrogen-bond acceptors (Lipinski definition) is 3. The molecular weight excluding hydrogens is 308 g/mol. The van der Waals surface area contributed by atoms with E-state index in [1.54, 1.807) is 19.2 Å². The summed E-state index contributed by atoms with van der Waals surface area (Å²) in [7, 11) is 3.00. The Hall–Kier alpha value is -1.81. The fraction of sp³-hybridized carbons (Fsp3) is 0.133. The Morgan fingerprint density at radius 3 is 2.21 bits per heavy atom. The molecule has 0 unspecified atom stereocenters. The molecule has 0 saturated heterocycles. The van der Waals surface area contributed by atoms with Crippen LogP contribution >= 0.6 is 15.9 Å². The van der Waals surface area contributed by atoms with Crippen molar-refractivity contribution < 1.29 is 14.3 Å². The highest BCUT2D eigenvalue weighted by molar-refractivity contribution is 9.10. The topological polar surface area (TPSA) is 35.5 Å². The van der Waals surface area contributed by atoms with Crippen molar-refractivity contribution in [2.75, 3.05) is 14.2 Å². The summed E-state index contributed by atoms with van der Waals surface area (Å²) in [4.78, 5) is 11.4. The van der Waals surface area contributed by atoms with Crippen molar-refractivity contribution in [3.8, 4) is 16.9 Å². The van der Waals surface area contributed by atoms with Gasteiger partial charge in [0, 0.05) is 0 Å². The number of hydrogen-bond donors (Lipinski definition) is 0. The van der Waals surface area contributed by atoms with E-state index < -0.39 is 0 Å². The summed E-state index contributed by atoms with van der Waals surface area (Å²) in [6.07, 6.45) is 0. The molecule has 0 aliphatic rings. The Morgan fingerprint density at radius 2 is 1.63 bits per heavy atom. The van der Waals surface area contributed by atoms with Crippen LogP contribution in [0.5, 0.6) is 5.75 Å². The number of methoxy groups -OCH3 is 2. The second-order valence-corrected chi connectivity index (χ2v) is 4.77. The molecule has 0 N–H and O–H groups in total. The van der Waals surface area contributed by atoms with Gasteiger partial charge in [0.25, 0.3) is 0 Å². The fourth-order valence-electron chi connectivity index (χ4n) is 1.76. The number of halogens is 1. The molecule has 4 heteroatoms. The summed E-state index contributed by atoms with van der Waals surface area (Å²) in [6.45, 7) is 0. The van der Waals surface area contributed by atoms with E-state index in [1.807, 2.05) is 30.3 Å². The van der Waals surface area contributed by atoms with Gasteiger partial charge >= 0.3 is 5.97 Å². The third-order valence-corrected chi connectivity index (χ3v) is 3.45. The average molecular weight is 321 g/mol. The number of ether oxygens (including phenoxy) is 2. The molecule has 0 atom stereocenters. The first-order valence-corrected chi connectivity index (χ1v) is 6.47. The maximum absolute atomic E-state index is 11.4. The van der Waals surface area contributed by atoms with Crippen molar-refractivity contribution in [1.82, 2.24) is 0 Å². The molecule has 3 nitrogen and oxygen atoms in total. The summed E-state index contributed by atoms with van der Waals surface area (Å²) >= 11 is 3.42. The number of benzene rings is 2. The Kier molecular flexibility index (Phi) is 4.22. The summed E-state index contributed by atoms with van der Waals surface area (Å²) < 4.78 is 10.8. The highest BCUT2D eigenvalue weighted by atomic mass is 79.9. The molecule has 0 aliphatic carbocycles. The maximum atomic E-state index is 11.4. The van der Waals surface area contributed by atoms with E-state index in [4.69, 9.17) is 4.74 Å². The molecule has 0 bridgehead atoms. The molecule has 0 heterocycles. The Morgan fingerprint density at radius 1 is 1.00 bits per heavy atom. The zero-order chi connectivity index (χ0) is 13.8. The van der Waals surface area contributed by atoms with Crippen LogP contribution in [0.3, 0.4) is 0 Å². The minimum Gasteiger partial charge on any atom is -0.496 e. The van der Waals surface area contributed by atoms with Crippen LogP contribution in [0.15, 0.2) is 46.9 Å². The molecule has 0 aliphatic heterocycles. The Bertz CT molecular complexity index is 591. The van der Waals surface area contributed by atoms with Crippen molar-refractivity contribution in [3.63, 3.8) is 0 Å². The number of rotatable bonds is 3. The largest absolute Gasteiger partial charge is 0.496 e. The van der Waals surface area contributed by atoms with Gasteiger partial charge in [-0.05, 0) is 51.3 Å². The summed E-state index contributed by atoms with van der Waals surface area (Å²) in [5.74, 6) is 0.439. The van der Waals surface area contributed by atoms with Crippen LogP contribution in [-0.4, -0.2) is 20.2 Å². The predicted molar refractivity (Wildman–Crippen MR) is 77.5 cm³/mol. The molecule has 0 radical (unpaired) electrons. The minimum atomic E-state index is -0.333. The van der Waals surface area contributed by atoms with E-state index in [1.165, 1.54) is 7.11 Å². The Labute approximate surface area is 120 Å². The number of esters is 1. The van der Waals surface area contributed by atoms with Crippen LogP contribution in [0.1, 0.15) is 10.4 Å². The summed E-state index contributed by atoms with van der Waals surface area (Å²) in [5, 5.41) is 0. The fourth-order valence-corrected chi connectivity index (χ4v) is 2.16. The van der Waals surface area contributed by atoms with Crippen LogP contribution < -0.4 is 4.74 Å². The van der Waals surface area contributed by atoms with Crippen LogP contribution in [-0.2, 0) is 4.74 Å². The average Bonchev–Trinajstić information content (AvgIpc) is 2.47. The molecular formula is C15H13BrO3. The second-order valence-electron chi connectivity index (χ2n) is 3.92. The Balaban J connectivity index is 2.34. The van der Waals surface area contributed by atoms with E-state index in [-0.39, 0.29) is 5.97 Å². The second kappa shape index (κ2) is 5.89. The third kappa shape index (κ3) is 2.96. The lowest BCUT2D eigenvalue weighted by Gasteiger charge is -2.07. The van der Waals surface area contributed by atoms with Gasteiger partial charge in [-0.1, -0.05) is 18.2 Å². The first-order valence-electron chi connectivity index (χ1n) is 5.68. The molecule has 2 aromatic rings. The van der Waals surface area contributed by atoms with E-state index in [0.717, 1.165) is 21.3 Å². The lowest BCUT2D eigenvalue weighted by atomic mass is 10.0. The smallest absolute Gasteiger partial charge is 0.337 e. The highest BCUT2D eigenvalue weighted by Crippen LogP contribution is 2.30. The molecule has 0 aromatic heterocycles. The molecule has 98 valence electrons. The normalized spacial score (nSPS) is 10.1. The van der Waals surface area contributed by atoms with E-state index >= 15 is 0 Å². The van der Waals surface area contributed by atoms with Gasteiger partial charge in [0.2, 0.25) is 0 Å². The summed E-state index contributed by atoms with van der Waals surface area (Å²) in [5.41, 5.74) is 2.57. The standard InChI is InChI=1S/C15H13BrO3/c1-18-14-9-12(7-8-13(14)16)10-3-5-11(6-4-10)15(17)19-2/h3-9H,1-2H3. The van der Waals surface area contributed by atoms with Gasteiger partial charge < -0.3 is 9.47 Å². The predicted octanol–water partition coefficient (Wildman–Crippen LogP) is 3.91. The van der Waals surface area contributed by atoms with E-state index in [9.17, 15) is 4.79 Å². The summed E-state index contributed by atoms with van der Waals surface area (Å²) in [6, 6.07) is 13.1. The zero-order valence-electron chi connectivity index (χ0n) is 10.6. The SMILES string of the molecule is COC(=O)c1ccc(-c2ccc(Br)c(OC)c2)cc1. The monoisotopic (exact) mass is 320 g/mol. The van der Waals surface area contributed by atoms with Gasteiger partial charge in [-0.3, -0.25) is 0 Å². The van der Waals surface area contributed by atoms with Crippen molar-refractivity contribution in [3.05, 3.63) is 52.5 Å². The number of carbonyl (C=O) groups is 1. The van der Waals surface area contributed by atoms with Crippen molar-refractivity contribution in [2.24, 2.45) is 0 Å². The van der Waals surface area contributed by atoms with Gasteiger partial charge in [-0.15, -0.1) is 0 Å². The molecule has 0 saturated carbocycles. The van der Waals surface area contributed by atoms with Gasteiger partial charge in [0.15, 0.2) is 0 Å². The van der Waals surface area contributed by atoms with Crippen LogP contribution in [0.2, 0.25) is 0 Å².